The van der Waals surface area contributed by atoms with Crippen molar-refractivity contribution in [3.05, 3.63) is 65.7 Å². The number of hydrogen-bond acceptors (Lipinski definition) is 4. The summed E-state index contributed by atoms with van der Waals surface area (Å²) >= 11 is 0. The lowest BCUT2D eigenvalue weighted by molar-refractivity contribution is -0.126. The standard InChI is InChI=1S/C19H22N2O4/c1-2-24-14-18(22)20-21-19(23)16-8-10-17(11-9-16)25-13-12-15-6-4-3-5-7-15/h3-11H,2,12-14H2,1H3,(H,20,22)(H,21,23). The summed E-state index contributed by atoms with van der Waals surface area (Å²) in [6.45, 7) is 2.69. The van der Waals surface area contributed by atoms with Crippen molar-refractivity contribution < 1.29 is 19.1 Å². The number of amides is 2. The van der Waals surface area contributed by atoms with Gasteiger partial charge in [-0.2, -0.15) is 0 Å². The van der Waals surface area contributed by atoms with Crippen LogP contribution in [0.25, 0.3) is 0 Å². The summed E-state index contributed by atoms with van der Waals surface area (Å²) in [6, 6.07) is 16.8. The largest absolute Gasteiger partial charge is 0.493 e. The molecule has 0 heterocycles. The lowest BCUT2D eigenvalue weighted by Gasteiger charge is -2.09. The van der Waals surface area contributed by atoms with Crippen molar-refractivity contribution in [3.63, 3.8) is 0 Å². The Morgan fingerprint density at radius 3 is 2.36 bits per heavy atom. The second-order valence-corrected chi connectivity index (χ2v) is 5.25. The van der Waals surface area contributed by atoms with Crippen LogP contribution in [-0.2, 0) is 16.0 Å². The highest BCUT2D eigenvalue weighted by Gasteiger charge is 2.07. The monoisotopic (exact) mass is 342 g/mol. The fraction of sp³-hybridized carbons (Fsp3) is 0.263. The number of rotatable bonds is 8. The maximum absolute atomic E-state index is 11.9. The van der Waals surface area contributed by atoms with Crippen LogP contribution in [0, 0.1) is 0 Å². The Bertz CT molecular complexity index is 672. The molecule has 0 aliphatic heterocycles. The van der Waals surface area contributed by atoms with Gasteiger partial charge < -0.3 is 9.47 Å². The molecular formula is C19H22N2O4. The minimum atomic E-state index is -0.406. The molecule has 2 N–H and O–H groups in total. The Labute approximate surface area is 147 Å². The van der Waals surface area contributed by atoms with E-state index in [9.17, 15) is 9.59 Å². The third kappa shape index (κ3) is 6.64. The molecule has 2 amide bonds. The van der Waals surface area contributed by atoms with Crippen LogP contribution in [0.15, 0.2) is 54.6 Å². The number of ether oxygens (including phenoxy) is 2. The van der Waals surface area contributed by atoms with Crippen LogP contribution in [-0.4, -0.2) is 31.6 Å². The molecule has 0 aliphatic carbocycles. The van der Waals surface area contributed by atoms with E-state index in [4.69, 9.17) is 9.47 Å². The summed E-state index contributed by atoms with van der Waals surface area (Å²) < 4.78 is 10.6. The van der Waals surface area contributed by atoms with Crippen molar-refractivity contribution >= 4 is 11.8 Å². The molecule has 0 spiro atoms. The van der Waals surface area contributed by atoms with E-state index in [1.165, 1.54) is 5.56 Å². The van der Waals surface area contributed by atoms with Gasteiger partial charge in [0.2, 0.25) is 0 Å². The number of hydrogen-bond donors (Lipinski definition) is 2. The van der Waals surface area contributed by atoms with Gasteiger partial charge in [0.1, 0.15) is 12.4 Å². The van der Waals surface area contributed by atoms with Crippen LogP contribution < -0.4 is 15.6 Å². The molecular weight excluding hydrogens is 320 g/mol. The zero-order valence-corrected chi connectivity index (χ0v) is 14.2. The van der Waals surface area contributed by atoms with Gasteiger partial charge in [0.25, 0.3) is 11.8 Å². The molecule has 2 rings (SSSR count). The molecule has 0 bridgehead atoms. The molecule has 2 aromatic rings. The molecule has 0 aliphatic rings. The normalized spacial score (nSPS) is 10.1. The molecule has 0 fully saturated rings. The minimum Gasteiger partial charge on any atom is -0.493 e. The number of hydrazine groups is 1. The fourth-order valence-corrected chi connectivity index (χ4v) is 2.06. The number of carbonyl (C=O) groups excluding carboxylic acids is 2. The summed E-state index contributed by atoms with van der Waals surface area (Å²) in [5, 5.41) is 0. The average Bonchev–Trinajstić information content (AvgIpc) is 2.66. The summed E-state index contributed by atoms with van der Waals surface area (Å²) in [5.41, 5.74) is 6.25. The van der Waals surface area contributed by atoms with Crippen molar-refractivity contribution in [2.24, 2.45) is 0 Å². The quantitative estimate of drug-likeness (QED) is 0.721. The van der Waals surface area contributed by atoms with Crippen molar-refractivity contribution in [3.8, 4) is 5.75 Å². The van der Waals surface area contributed by atoms with Crippen molar-refractivity contribution in [1.82, 2.24) is 10.9 Å². The molecule has 0 saturated heterocycles. The highest BCUT2D eigenvalue weighted by Crippen LogP contribution is 2.12. The zero-order valence-electron chi connectivity index (χ0n) is 14.2. The average molecular weight is 342 g/mol. The maximum Gasteiger partial charge on any atom is 0.269 e. The second-order valence-electron chi connectivity index (χ2n) is 5.25. The summed E-state index contributed by atoms with van der Waals surface area (Å²) in [6.07, 6.45) is 0.814. The maximum atomic E-state index is 11.9. The van der Waals surface area contributed by atoms with E-state index in [-0.39, 0.29) is 6.61 Å². The molecule has 25 heavy (non-hydrogen) atoms. The van der Waals surface area contributed by atoms with Crippen molar-refractivity contribution in [1.29, 1.82) is 0 Å². The fourth-order valence-electron chi connectivity index (χ4n) is 2.06. The third-order valence-corrected chi connectivity index (χ3v) is 3.37. The minimum absolute atomic E-state index is 0.0923. The van der Waals surface area contributed by atoms with Crippen LogP contribution in [0.5, 0.6) is 5.75 Å². The molecule has 0 saturated carbocycles. The van der Waals surface area contributed by atoms with E-state index < -0.39 is 11.8 Å². The van der Waals surface area contributed by atoms with E-state index >= 15 is 0 Å². The SMILES string of the molecule is CCOCC(=O)NNC(=O)c1ccc(OCCc2ccccc2)cc1. The van der Waals surface area contributed by atoms with E-state index in [0.29, 0.717) is 24.5 Å². The summed E-state index contributed by atoms with van der Waals surface area (Å²) in [7, 11) is 0. The molecule has 6 heteroatoms. The Morgan fingerprint density at radius 2 is 1.68 bits per heavy atom. The Morgan fingerprint density at radius 1 is 0.960 bits per heavy atom. The highest BCUT2D eigenvalue weighted by atomic mass is 16.5. The Hall–Kier alpha value is -2.86. The van der Waals surface area contributed by atoms with Gasteiger partial charge in [-0.15, -0.1) is 0 Å². The predicted molar refractivity (Wildman–Crippen MR) is 94.2 cm³/mol. The van der Waals surface area contributed by atoms with Gasteiger partial charge in [0, 0.05) is 18.6 Å². The van der Waals surface area contributed by atoms with Gasteiger partial charge in [0.05, 0.1) is 6.61 Å². The van der Waals surface area contributed by atoms with Gasteiger partial charge in [-0.05, 0) is 36.8 Å². The van der Waals surface area contributed by atoms with E-state index in [1.807, 2.05) is 18.2 Å². The predicted octanol–water partition coefficient (Wildman–Crippen LogP) is 2.11. The summed E-state index contributed by atoms with van der Waals surface area (Å²) in [4.78, 5) is 23.3. The molecule has 2 aromatic carbocycles. The van der Waals surface area contributed by atoms with Gasteiger partial charge >= 0.3 is 0 Å². The zero-order chi connectivity index (χ0) is 17.9. The van der Waals surface area contributed by atoms with Crippen LogP contribution in [0.2, 0.25) is 0 Å². The highest BCUT2D eigenvalue weighted by molar-refractivity contribution is 5.95. The smallest absolute Gasteiger partial charge is 0.269 e. The Kier molecular flexibility index (Phi) is 7.46. The topological polar surface area (TPSA) is 76.7 Å². The lowest BCUT2D eigenvalue weighted by Crippen LogP contribution is -2.43. The molecule has 0 aromatic heterocycles. The lowest BCUT2D eigenvalue weighted by atomic mass is 10.2. The Balaban J connectivity index is 1.75. The van der Waals surface area contributed by atoms with Crippen molar-refractivity contribution in [2.45, 2.75) is 13.3 Å². The first kappa shape index (κ1) is 18.5. The van der Waals surface area contributed by atoms with Crippen LogP contribution in [0.4, 0.5) is 0 Å². The van der Waals surface area contributed by atoms with Gasteiger partial charge in [-0.25, -0.2) is 0 Å². The van der Waals surface area contributed by atoms with Gasteiger partial charge in [0.15, 0.2) is 0 Å². The number of benzene rings is 2. The van der Waals surface area contributed by atoms with Gasteiger partial charge in [-0.3, -0.25) is 20.4 Å². The van der Waals surface area contributed by atoms with E-state index in [0.717, 1.165) is 6.42 Å². The van der Waals surface area contributed by atoms with Crippen LogP contribution in [0.3, 0.4) is 0 Å². The van der Waals surface area contributed by atoms with Crippen molar-refractivity contribution in [2.75, 3.05) is 19.8 Å². The molecule has 132 valence electrons. The number of carbonyl (C=O) groups is 2. The number of nitrogens with one attached hydrogen (secondary N) is 2. The molecule has 0 radical (unpaired) electrons. The first-order valence-corrected chi connectivity index (χ1v) is 8.12. The first-order chi connectivity index (χ1) is 12.2. The van der Waals surface area contributed by atoms with Gasteiger partial charge in [-0.1, -0.05) is 30.3 Å². The van der Waals surface area contributed by atoms with E-state index in [2.05, 4.69) is 23.0 Å². The molecule has 0 unspecified atom stereocenters. The second kappa shape index (κ2) is 10.1. The molecule has 6 nitrogen and oxygen atoms in total. The van der Waals surface area contributed by atoms with Crippen LogP contribution >= 0.6 is 0 Å². The first-order valence-electron chi connectivity index (χ1n) is 8.12. The summed E-state index contributed by atoms with van der Waals surface area (Å²) in [5.74, 6) is -0.121. The van der Waals surface area contributed by atoms with E-state index in [1.54, 1.807) is 31.2 Å². The molecule has 0 atom stereocenters. The third-order valence-electron chi connectivity index (χ3n) is 3.37. The van der Waals surface area contributed by atoms with Crippen LogP contribution in [0.1, 0.15) is 22.8 Å².